The van der Waals surface area contributed by atoms with Crippen molar-refractivity contribution in [2.75, 3.05) is 0 Å². The van der Waals surface area contributed by atoms with Gasteiger partial charge in [-0.2, -0.15) is 0 Å². The summed E-state index contributed by atoms with van der Waals surface area (Å²) in [6, 6.07) is 9.05. The molecule has 1 saturated carbocycles. The van der Waals surface area contributed by atoms with Crippen molar-refractivity contribution in [1.29, 1.82) is 0 Å². The molecule has 0 amide bonds. The second-order valence-corrected chi connectivity index (χ2v) is 6.15. The molecule has 0 heterocycles. The van der Waals surface area contributed by atoms with E-state index in [0.717, 1.165) is 12.3 Å². The van der Waals surface area contributed by atoms with E-state index in [2.05, 4.69) is 45.0 Å². The summed E-state index contributed by atoms with van der Waals surface area (Å²) in [7, 11) is 0. The third kappa shape index (κ3) is 2.47. The van der Waals surface area contributed by atoms with Gasteiger partial charge in [0.15, 0.2) is 0 Å². The molecule has 1 nitrogen and oxygen atoms in total. The van der Waals surface area contributed by atoms with Crippen molar-refractivity contribution < 1.29 is 0 Å². The van der Waals surface area contributed by atoms with E-state index in [1.54, 1.807) is 0 Å². The highest BCUT2D eigenvalue weighted by atomic mass is 14.8. The maximum absolute atomic E-state index is 6.74. The summed E-state index contributed by atoms with van der Waals surface area (Å²) in [4.78, 5) is 0. The third-order valence-corrected chi connectivity index (χ3v) is 4.95. The number of benzene rings is 1. The van der Waals surface area contributed by atoms with Crippen LogP contribution in [-0.2, 0) is 12.0 Å². The van der Waals surface area contributed by atoms with Crippen molar-refractivity contribution >= 4 is 0 Å². The van der Waals surface area contributed by atoms with Gasteiger partial charge < -0.3 is 5.73 Å². The van der Waals surface area contributed by atoms with E-state index >= 15 is 0 Å². The van der Waals surface area contributed by atoms with Crippen LogP contribution in [0.2, 0.25) is 0 Å². The van der Waals surface area contributed by atoms with Crippen LogP contribution in [0.15, 0.2) is 24.3 Å². The molecule has 18 heavy (non-hydrogen) atoms. The standard InChI is InChI=1S/C17H27N/c1-4-6-15-8-10-16(11-9-15)17(18)12-5-7-13(2)14(17)3/h8-11,13-14H,4-7,12,18H2,1-3H3. The molecule has 0 bridgehead atoms. The van der Waals surface area contributed by atoms with Gasteiger partial charge in [0.2, 0.25) is 0 Å². The normalized spacial score (nSPS) is 32.4. The lowest BCUT2D eigenvalue weighted by Crippen LogP contribution is -2.48. The Labute approximate surface area is 112 Å². The predicted octanol–water partition coefficient (Wildman–Crippen LogP) is 4.25. The molecule has 2 N–H and O–H groups in total. The molecular formula is C17H27N. The van der Waals surface area contributed by atoms with Crippen LogP contribution >= 0.6 is 0 Å². The zero-order valence-electron chi connectivity index (χ0n) is 12.1. The van der Waals surface area contributed by atoms with E-state index < -0.39 is 0 Å². The van der Waals surface area contributed by atoms with Crippen LogP contribution in [0.1, 0.15) is 57.6 Å². The van der Waals surface area contributed by atoms with Gasteiger partial charge in [-0.3, -0.25) is 0 Å². The van der Waals surface area contributed by atoms with Crippen LogP contribution in [0, 0.1) is 11.8 Å². The predicted molar refractivity (Wildman–Crippen MR) is 78.5 cm³/mol. The average Bonchev–Trinajstić information content (AvgIpc) is 2.37. The van der Waals surface area contributed by atoms with E-state index in [0.29, 0.717) is 5.92 Å². The minimum atomic E-state index is -0.109. The molecule has 2 rings (SSSR count). The highest BCUT2D eigenvalue weighted by Gasteiger charge is 2.39. The van der Waals surface area contributed by atoms with E-state index in [1.807, 2.05) is 0 Å². The molecule has 100 valence electrons. The summed E-state index contributed by atoms with van der Waals surface area (Å²) in [5, 5.41) is 0. The summed E-state index contributed by atoms with van der Waals surface area (Å²) < 4.78 is 0. The minimum absolute atomic E-state index is 0.109. The third-order valence-electron chi connectivity index (χ3n) is 4.95. The van der Waals surface area contributed by atoms with E-state index in [9.17, 15) is 0 Å². The second kappa shape index (κ2) is 5.44. The second-order valence-electron chi connectivity index (χ2n) is 6.15. The number of hydrogen-bond donors (Lipinski definition) is 1. The molecule has 0 aromatic heterocycles. The quantitative estimate of drug-likeness (QED) is 0.846. The van der Waals surface area contributed by atoms with E-state index in [1.165, 1.54) is 36.8 Å². The van der Waals surface area contributed by atoms with E-state index in [4.69, 9.17) is 5.73 Å². The van der Waals surface area contributed by atoms with Crippen molar-refractivity contribution in [3.05, 3.63) is 35.4 Å². The van der Waals surface area contributed by atoms with Crippen LogP contribution in [-0.4, -0.2) is 0 Å². The Morgan fingerprint density at radius 3 is 2.50 bits per heavy atom. The largest absolute Gasteiger partial charge is 0.321 e. The van der Waals surface area contributed by atoms with Crippen molar-refractivity contribution in [2.24, 2.45) is 17.6 Å². The molecular weight excluding hydrogens is 218 g/mol. The monoisotopic (exact) mass is 245 g/mol. The first-order valence-corrected chi connectivity index (χ1v) is 7.46. The molecule has 0 spiro atoms. The Balaban J connectivity index is 2.23. The highest BCUT2D eigenvalue weighted by molar-refractivity contribution is 5.29. The zero-order chi connectivity index (χ0) is 13.2. The van der Waals surface area contributed by atoms with Gasteiger partial charge >= 0.3 is 0 Å². The van der Waals surface area contributed by atoms with Gasteiger partial charge in [-0.15, -0.1) is 0 Å². The fraction of sp³-hybridized carbons (Fsp3) is 0.647. The average molecular weight is 245 g/mol. The van der Waals surface area contributed by atoms with Gasteiger partial charge in [-0.05, 0) is 35.8 Å². The molecule has 0 saturated heterocycles. The fourth-order valence-electron chi connectivity index (χ4n) is 3.38. The van der Waals surface area contributed by atoms with E-state index in [-0.39, 0.29) is 5.54 Å². The van der Waals surface area contributed by atoms with Crippen LogP contribution in [0.5, 0.6) is 0 Å². The first-order valence-electron chi connectivity index (χ1n) is 7.46. The molecule has 3 atom stereocenters. The molecule has 1 heteroatoms. The molecule has 0 aliphatic heterocycles. The minimum Gasteiger partial charge on any atom is -0.321 e. The molecule has 1 aromatic carbocycles. The Hall–Kier alpha value is -0.820. The SMILES string of the molecule is CCCc1ccc(C2(N)CCCC(C)C2C)cc1. The lowest BCUT2D eigenvalue weighted by Gasteiger charge is -2.43. The molecule has 3 unspecified atom stereocenters. The molecule has 0 radical (unpaired) electrons. The van der Waals surface area contributed by atoms with Crippen molar-refractivity contribution in [3.8, 4) is 0 Å². The first kappa shape index (κ1) is 13.6. The van der Waals surface area contributed by atoms with Gasteiger partial charge in [-0.1, -0.05) is 64.3 Å². The number of aryl methyl sites for hydroxylation is 1. The van der Waals surface area contributed by atoms with Crippen molar-refractivity contribution in [1.82, 2.24) is 0 Å². The summed E-state index contributed by atoms with van der Waals surface area (Å²) in [5.74, 6) is 1.31. The van der Waals surface area contributed by atoms with Gasteiger partial charge in [0, 0.05) is 5.54 Å². The maximum atomic E-state index is 6.74. The Bertz CT molecular complexity index is 381. The van der Waals surface area contributed by atoms with Crippen LogP contribution in [0.3, 0.4) is 0 Å². The summed E-state index contributed by atoms with van der Waals surface area (Å²) in [6.45, 7) is 6.89. The Morgan fingerprint density at radius 1 is 1.22 bits per heavy atom. The van der Waals surface area contributed by atoms with Crippen LogP contribution in [0.25, 0.3) is 0 Å². The van der Waals surface area contributed by atoms with Gasteiger partial charge in [-0.25, -0.2) is 0 Å². The Kier molecular flexibility index (Phi) is 4.11. The molecule has 1 aliphatic rings. The van der Waals surface area contributed by atoms with Gasteiger partial charge in [0.05, 0.1) is 0 Å². The fourth-order valence-corrected chi connectivity index (χ4v) is 3.38. The Morgan fingerprint density at radius 2 is 1.89 bits per heavy atom. The lowest BCUT2D eigenvalue weighted by molar-refractivity contribution is 0.144. The number of hydrogen-bond acceptors (Lipinski definition) is 1. The number of nitrogens with two attached hydrogens (primary N) is 1. The maximum Gasteiger partial charge on any atom is 0.0438 e. The highest BCUT2D eigenvalue weighted by Crippen LogP contribution is 2.42. The molecule has 1 aromatic rings. The number of rotatable bonds is 3. The topological polar surface area (TPSA) is 26.0 Å². The first-order chi connectivity index (χ1) is 8.58. The van der Waals surface area contributed by atoms with Crippen LogP contribution < -0.4 is 5.73 Å². The lowest BCUT2D eigenvalue weighted by atomic mass is 9.66. The van der Waals surface area contributed by atoms with Gasteiger partial charge in [0.25, 0.3) is 0 Å². The zero-order valence-corrected chi connectivity index (χ0v) is 12.1. The van der Waals surface area contributed by atoms with Gasteiger partial charge in [0.1, 0.15) is 0 Å². The van der Waals surface area contributed by atoms with Crippen LogP contribution in [0.4, 0.5) is 0 Å². The summed E-state index contributed by atoms with van der Waals surface area (Å²) >= 11 is 0. The smallest absolute Gasteiger partial charge is 0.0438 e. The molecule has 1 aliphatic carbocycles. The summed E-state index contributed by atoms with van der Waals surface area (Å²) in [5.41, 5.74) is 9.40. The summed E-state index contributed by atoms with van der Waals surface area (Å²) in [6.07, 6.45) is 6.10. The molecule has 1 fully saturated rings. The van der Waals surface area contributed by atoms with Crippen molar-refractivity contribution in [2.45, 2.75) is 58.4 Å². The van der Waals surface area contributed by atoms with Crippen molar-refractivity contribution in [3.63, 3.8) is 0 Å².